The Morgan fingerprint density at radius 2 is 2.06 bits per heavy atom. The van der Waals surface area contributed by atoms with Gasteiger partial charge in [0.25, 0.3) is 0 Å². The predicted molar refractivity (Wildman–Crippen MR) is 134 cm³/mol. The van der Waals surface area contributed by atoms with Gasteiger partial charge in [0.1, 0.15) is 17.1 Å². The highest BCUT2D eigenvalue weighted by atomic mass is 35.5. The van der Waals surface area contributed by atoms with Crippen molar-refractivity contribution in [2.24, 2.45) is 0 Å². The summed E-state index contributed by atoms with van der Waals surface area (Å²) in [6.07, 6.45) is 3.69. The number of likely N-dealkylation sites (tertiary alicyclic amines) is 1. The molecule has 4 heterocycles. The number of pyridine rings is 1. The first-order valence-corrected chi connectivity index (χ1v) is 12.3. The van der Waals surface area contributed by atoms with Gasteiger partial charge in [0.2, 0.25) is 0 Å². The average Bonchev–Trinajstić information content (AvgIpc) is 3.51. The van der Waals surface area contributed by atoms with Gasteiger partial charge in [-0.1, -0.05) is 17.7 Å². The number of anilines is 1. The molecule has 8 nitrogen and oxygen atoms in total. The van der Waals surface area contributed by atoms with Gasteiger partial charge < -0.3 is 20.1 Å². The lowest BCUT2D eigenvalue weighted by Crippen LogP contribution is -2.38. The van der Waals surface area contributed by atoms with E-state index in [2.05, 4.69) is 42.7 Å². The van der Waals surface area contributed by atoms with E-state index in [-0.39, 0.29) is 6.61 Å². The van der Waals surface area contributed by atoms with E-state index in [0.29, 0.717) is 28.3 Å². The number of carboxylic acid groups (broad SMARTS) is 1. The lowest BCUT2D eigenvalue weighted by Gasteiger charge is -2.32. The maximum absolute atomic E-state index is 10.7. The maximum atomic E-state index is 10.7. The number of rotatable bonds is 8. The monoisotopic (exact) mass is 497 g/mol. The second-order valence-electron chi connectivity index (χ2n) is 8.25. The number of aliphatic carboxylic acids is 1. The van der Waals surface area contributed by atoms with E-state index in [0.717, 1.165) is 49.2 Å². The van der Waals surface area contributed by atoms with Gasteiger partial charge in [-0.25, -0.2) is 14.8 Å². The molecule has 34 heavy (non-hydrogen) atoms. The molecule has 1 saturated heterocycles. The molecule has 4 aromatic rings. The SMILES string of the molecule is O=C(O)COc1ccc(-c2nc3ncc(Cl)c(NC4CCN(Cc5cccs5)CC4)c3[nH]2)cc1. The molecule has 10 heteroatoms. The zero-order valence-corrected chi connectivity index (χ0v) is 19.9. The Balaban J connectivity index is 1.29. The molecule has 0 spiro atoms. The summed E-state index contributed by atoms with van der Waals surface area (Å²) in [5.74, 6) is 0.122. The molecule has 3 aromatic heterocycles. The zero-order chi connectivity index (χ0) is 23.5. The fraction of sp³-hybridized carbons (Fsp3) is 0.292. The van der Waals surface area contributed by atoms with E-state index in [4.69, 9.17) is 21.4 Å². The van der Waals surface area contributed by atoms with E-state index in [1.807, 2.05) is 12.1 Å². The molecule has 0 amide bonds. The number of thiophene rings is 1. The van der Waals surface area contributed by atoms with E-state index in [1.165, 1.54) is 4.88 Å². The minimum Gasteiger partial charge on any atom is -0.482 e. The zero-order valence-electron chi connectivity index (χ0n) is 18.3. The third kappa shape index (κ3) is 5.16. The van der Waals surface area contributed by atoms with E-state index < -0.39 is 5.97 Å². The number of H-pyrrole nitrogens is 1. The van der Waals surface area contributed by atoms with Gasteiger partial charge >= 0.3 is 5.97 Å². The topological polar surface area (TPSA) is 103 Å². The summed E-state index contributed by atoms with van der Waals surface area (Å²) in [6.45, 7) is 2.70. The standard InChI is InChI=1S/C24H24ClN5O3S/c25-19-12-26-24-22(28-23(29-24)15-3-5-17(6-4-15)33-14-20(31)32)21(19)27-16-7-9-30(10-8-16)13-18-2-1-11-34-18/h1-6,11-12,16H,7-10,13-14H2,(H,31,32)(H2,26,27,28,29). The summed E-state index contributed by atoms with van der Waals surface area (Å²) in [5.41, 5.74) is 3.02. The van der Waals surface area contributed by atoms with Gasteiger partial charge in [0.05, 0.1) is 16.9 Å². The predicted octanol–water partition coefficient (Wildman–Crippen LogP) is 4.88. The lowest BCUT2D eigenvalue weighted by atomic mass is 10.0. The third-order valence-electron chi connectivity index (χ3n) is 5.86. The number of benzene rings is 1. The highest BCUT2D eigenvalue weighted by molar-refractivity contribution is 7.09. The summed E-state index contributed by atoms with van der Waals surface area (Å²) >= 11 is 8.34. The number of imidazole rings is 1. The van der Waals surface area contributed by atoms with Gasteiger partial charge in [-0.05, 0) is 48.6 Å². The van der Waals surface area contributed by atoms with Gasteiger partial charge in [-0.15, -0.1) is 11.3 Å². The molecule has 1 aromatic carbocycles. The van der Waals surface area contributed by atoms with Crippen LogP contribution in [0.5, 0.6) is 5.75 Å². The highest BCUT2D eigenvalue weighted by Crippen LogP contribution is 2.32. The molecule has 176 valence electrons. The van der Waals surface area contributed by atoms with Crippen LogP contribution in [0.4, 0.5) is 5.69 Å². The van der Waals surface area contributed by atoms with Crippen LogP contribution in [0.3, 0.4) is 0 Å². The molecule has 5 rings (SSSR count). The third-order valence-corrected chi connectivity index (χ3v) is 7.01. The van der Waals surface area contributed by atoms with E-state index in [1.54, 1.807) is 29.7 Å². The quantitative estimate of drug-likeness (QED) is 0.319. The molecule has 1 aliphatic rings. The largest absolute Gasteiger partial charge is 0.482 e. The van der Waals surface area contributed by atoms with Crippen molar-refractivity contribution in [3.05, 3.63) is 57.9 Å². The van der Waals surface area contributed by atoms with Crippen LogP contribution in [0.25, 0.3) is 22.6 Å². The minimum absolute atomic E-state index is 0.320. The summed E-state index contributed by atoms with van der Waals surface area (Å²) in [7, 11) is 0. The van der Waals surface area contributed by atoms with Gasteiger partial charge in [-0.3, -0.25) is 4.90 Å². The molecule has 0 saturated carbocycles. The smallest absolute Gasteiger partial charge is 0.341 e. The van der Waals surface area contributed by atoms with Crippen molar-refractivity contribution in [3.8, 4) is 17.1 Å². The number of carbonyl (C=O) groups is 1. The van der Waals surface area contributed by atoms with Crippen molar-refractivity contribution in [1.82, 2.24) is 19.9 Å². The van der Waals surface area contributed by atoms with Crippen LogP contribution in [0, 0.1) is 0 Å². The van der Waals surface area contributed by atoms with Crippen molar-refractivity contribution < 1.29 is 14.6 Å². The van der Waals surface area contributed by atoms with Crippen LogP contribution < -0.4 is 10.1 Å². The molecule has 0 aliphatic carbocycles. The molecular weight excluding hydrogens is 474 g/mol. The van der Waals surface area contributed by atoms with Crippen LogP contribution in [-0.2, 0) is 11.3 Å². The first-order chi connectivity index (χ1) is 16.5. The summed E-state index contributed by atoms with van der Waals surface area (Å²) < 4.78 is 5.20. The Hall–Kier alpha value is -3.14. The fourth-order valence-electron chi connectivity index (χ4n) is 4.13. The molecule has 0 unspecified atom stereocenters. The van der Waals surface area contributed by atoms with Gasteiger partial charge in [-0.2, -0.15) is 0 Å². The second kappa shape index (κ2) is 10.0. The van der Waals surface area contributed by atoms with E-state index >= 15 is 0 Å². The van der Waals surface area contributed by atoms with Crippen molar-refractivity contribution in [3.63, 3.8) is 0 Å². The normalized spacial score (nSPS) is 15.0. The molecule has 1 aliphatic heterocycles. The number of aromatic nitrogens is 3. The highest BCUT2D eigenvalue weighted by Gasteiger charge is 2.22. The Kier molecular flexibility index (Phi) is 6.66. The maximum Gasteiger partial charge on any atom is 0.341 e. The van der Waals surface area contributed by atoms with Gasteiger partial charge in [0.15, 0.2) is 12.3 Å². The average molecular weight is 498 g/mol. The Morgan fingerprint density at radius 3 is 2.76 bits per heavy atom. The summed E-state index contributed by atoms with van der Waals surface area (Å²) in [4.78, 5) is 26.9. The molecule has 1 fully saturated rings. The van der Waals surface area contributed by atoms with E-state index in [9.17, 15) is 4.79 Å². The summed E-state index contributed by atoms with van der Waals surface area (Å²) in [5, 5.41) is 15.1. The number of fused-ring (bicyclic) bond motifs is 1. The van der Waals surface area contributed by atoms with Gasteiger partial charge in [0, 0.05) is 36.1 Å². The molecule has 0 atom stereocenters. The first kappa shape index (κ1) is 22.6. The number of ether oxygens (including phenoxy) is 1. The van der Waals surface area contributed by atoms with Crippen LogP contribution >= 0.6 is 22.9 Å². The number of nitrogens with zero attached hydrogens (tertiary/aromatic N) is 3. The molecular formula is C24H24ClN5O3S. The molecule has 0 bridgehead atoms. The number of hydrogen-bond donors (Lipinski definition) is 3. The first-order valence-electron chi connectivity index (χ1n) is 11.1. The Bertz CT molecular complexity index is 1270. The van der Waals surface area contributed by atoms with Crippen LogP contribution in [0.15, 0.2) is 48.0 Å². The van der Waals surface area contributed by atoms with Crippen LogP contribution in [-0.4, -0.2) is 56.7 Å². The number of carboxylic acids is 1. The van der Waals surface area contributed by atoms with Crippen LogP contribution in [0.1, 0.15) is 17.7 Å². The van der Waals surface area contributed by atoms with Crippen LogP contribution in [0.2, 0.25) is 5.02 Å². The Labute approximate surface area is 205 Å². The number of nitrogens with one attached hydrogen (secondary N) is 2. The fourth-order valence-corrected chi connectivity index (χ4v) is 5.07. The Morgan fingerprint density at radius 1 is 1.26 bits per heavy atom. The number of aromatic amines is 1. The lowest BCUT2D eigenvalue weighted by molar-refractivity contribution is -0.139. The number of halogens is 1. The molecule has 3 N–H and O–H groups in total. The minimum atomic E-state index is -1.02. The summed E-state index contributed by atoms with van der Waals surface area (Å²) in [6, 6.07) is 11.7. The van der Waals surface area contributed by atoms with Crippen molar-refractivity contribution >= 4 is 45.8 Å². The van der Waals surface area contributed by atoms with Crippen molar-refractivity contribution in [2.45, 2.75) is 25.4 Å². The number of piperidine rings is 1. The van der Waals surface area contributed by atoms with Crippen molar-refractivity contribution in [2.75, 3.05) is 25.0 Å². The second-order valence-corrected chi connectivity index (χ2v) is 9.69. The number of hydrogen-bond acceptors (Lipinski definition) is 7. The van der Waals surface area contributed by atoms with Crippen molar-refractivity contribution in [1.29, 1.82) is 0 Å². The molecule has 0 radical (unpaired) electrons.